The topological polar surface area (TPSA) is 84.6 Å². The molecule has 0 amide bonds. The normalized spacial score (nSPS) is 11.5. The van der Waals surface area contributed by atoms with Crippen molar-refractivity contribution >= 4 is 15.8 Å². The summed E-state index contributed by atoms with van der Waals surface area (Å²) in [5.74, 6) is -0.928. The number of hydrogen-bond acceptors (Lipinski definition) is 4. The maximum absolute atomic E-state index is 10.9. The SMILES string of the molecule is CS(=O)(=O)c1ccc(CC(=O)O)o1. The van der Waals surface area contributed by atoms with Crippen LogP contribution >= 0.6 is 0 Å². The Bertz CT molecular complexity index is 414. The third-order valence-corrected chi connectivity index (χ3v) is 2.28. The highest BCUT2D eigenvalue weighted by Gasteiger charge is 2.13. The van der Waals surface area contributed by atoms with Crippen LogP contribution in [0.3, 0.4) is 0 Å². The van der Waals surface area contributed by atoms with Crippen LogP contribution in [0.25, 0.3) is 0 Å². The molecule has 0 saturated heterocycles. The molecular weight excluding hydrogens is 196 g/mol. The Balaban J connectivity index is 2.94. The zero-order chi connectivity index (χ0) is 10.1. The van der Waals surface area contributed by atoms with E-state index in [0.717, 1.165) is 6.26 Å². The van der Waals surface area contributed by atoms with Crippen LogP contribution in [0.4, 0.5) is 0 Å². The molecule has 0 bridgehead atoms. The number of hydrogen-bond donors (Lipinski definition) is 1. The quantitative estimate of drug-likeness (QED) is 0.765. The summed E-state index contributed by atoms with van der Waals surface area (Å²) >= 11 is 0. The minimum absolute atomic E-state index is 0.132. The van der Waals surface area contributed by atoms with Crippen LogP contribution in [0.15, 0.2) is 21.6 Å². The Hall–Kier alpha value is -1.30. The maximum Gasteiger partial charge on any atom is 0.311 e. The smallest absolute Gasteiger partial charge is 0.311 e. The highest BCUT2D eigenvalue weighted by Crippen LogP contribution is 2.13. The van der Waals surface area contributed by atoms with Gasteiger partial charge >= 0.3 is 5.97 Å². The van der Waals surface area contributed by atoms with Crippen LogP contribution in [-0.4, -0.2) is 25.7 Å². The van der Waals surface area contributed by atoms with Gasteiger partial charge in [-0.2, -0.15) is 0 Å². The van der Waals surface area contributed by atoms with E-state index in [4.69, 9.17) is 9.52 Å². The lowest BCUT2D eigenvalue weighted by Gasteiger charge is -1.91. The first-order valence-corrected chi connectivity index (χ1v) is 5.29. The lowest BCUT2D eigenvalue weighted by Crippen LogP contribution is -1.98. The van der Waals surface area contributed by atoms with E-state index in [9.17, 15) is 13.2 Å². The fraction of sp³-hybridized carbons (Fsp3) is 0.286. The van der Waals surface area contributed by atoms with E-state index >= 15 is 0 Å². The molecule has 1 aromatic rings. The van der Waals surface area contributed by atoms with Crippen LogP contribution in [0, 0.1) is 0 Å². The molecule has 0 saturated carbocycles. The molecule has 0 aliphatic rings. The first kappa shape index (κ1) is 9.79. The van der Waals surface area contributed by atoms with E-state index in [2.05, 4.69) is 0 Å². The highest BCUT2D eigenvalue weighted by molar-refractivity contribution is 7.90. The lowest BCUT2D eigenvalue weighted by atomic mass is 10.3. The summed E-state index contributed by atoms with van der Waals surface area (Å²) in [4.78, 5) is 10.2. The molecular formula is C7H8O5S. The third kappa shape index (κ3) is 2.59. The van der Waals surface area contributed by atoms with Gasteiger partial charge in [-0.05, 0) is 12.1 Å². The minimum atomic E-state index is -3.38. The van der Waals surface area contributed by atoms with Crippen molar-refractivity contribution in [1.82, 2.24) is 0 Å². The molecule has 1 rings (SSSR count). The van der Waals surface area contributed by atoms with Crippen LogP contribution in [0.5, 0.6) is 0 Å². The lowest BCUT2D eigenvalue weighted by molar-refractivity contribution is -0.136. The second-order valence-electron chi connectivity index (χ2n) is 2.56. The number of rotatable bonds is 3. The zero-order valence-corrected chi connectivity index (χ0v) is 7.67. The van der Waals surface area contributed by atoms with Crippen LogP contribution < -0.4 is 0 Å². The molecule has 6 heteroatoms. The summed E-state index contributed by atoms with van der Waals surface area (Å²) in [5.41, 5.74) is 0. The van der Waals surface area contributed by atoms with E-state index in [1.54, 1.807) is 0 Å². The summed E-state index contributed by atoms with van der Waals surface area (Å²) in [7, 11) is -3.38. The van der Waals surface area contributed by atoms with Crippen molar-refractivity contribution in [3.8, 4) is 0 Å². The van der Waals surface area contributed by atoms with Crippen molar-refractivity contribution in [3.63, 3.8) is 0 Å². The molecule has 0 fully saturated rings. The van der Waals surface area contributed by atoms with Crippen molar-refractivity contribution in [2.24, 2.45) is 0 Å². The number of furan rings is 1. The second kappa shape index (κ2) is 3.21. The Morgan fingerprint density at radius 2 is 2.15 bits per heavy atom. The van der Waals surface area contributed by atoms with Crippen molar-refractivity contribution in [1.29, 1.82) is 0 Å². The summed E-state index contributed by atoms with van der Waals surface area (Å²) in [6.07, 6.45) is 0.686. The molecule has 0 aliphatic heterocycles. The minimum Gasteiger partial charge on any atom is -0.481 e. The maximum atomic E-state index is 10.9. The predicted molar refractivity (Wildman–Crippen MR) is 43.2 cm³/mol. The molecule has 0 spiro atoms. The zero-order valence-electron chi connectivity index (χ0n) is 6.85. The van der Waals surface area contributed by atoms with E-state index in [-0.39, 0.29) is 17.3 Å². The molecule has 13 heavy (non-hydrogen) atoms. The van der Waals surface area contributed by atoms with Crippen molar-refractivity contribution < 1.29 is 22.7 Å². The molecule has 0 atom stereocenters. The van der Waals surface area contributed by atoms with Gasteiger partial charge in [-0.1, -0.05) is 0 Å². The fourth-order valence-corrected chi connectivity index (χ4v) is 1.38. The van der Waals surface area contributed by atoms with Gasteiger partial charge in [-0.15, -0.1) is 0 Å². The monoisotopic (exact) mass is 204 g/mol. The molecule has 5 nitrogen and oxygen atoms in total. The van der Waals surface area contributed by atoms with Crippen LogP contribution in [-0.2, 0) is 21.1 Å². The first-order valence-electron chi connectivity index (χ1n) is 3.40. The summed E-state index contributed by atoms with van der Waals surface area (Å²) < 4.78 is 26.6. The Kier molecular flexibility index (Phi) is 2.42. The van der Waals surface area contributed by atoms with Gasteiger partial charge in [0.2, 0.25) is 14.9 Å². The average molecular weight is 204 g/mol. The third-order valence-electron chi connectivity index (χ3n) is 1.33. The van der Waals surface area contributed by atoms with Gasteiger partial charge < -0.3 is 9.52 Å². The Morgan fingerprint density at radius 3 is 2.54 bits per heavy atom. The molecule has 0 unspecified atom stereocenters. The highest BCUT2D eigenvalue weighted by atomic mass is 32.2. The Labute approximate surface area is 74.9 Å². The van der Waals surface area contributed by atoms with Gasteiger partial charge in [0.1, 0.15) is 12.2 Å². The predicted octanol–water partition coefficient (Wildman–Crippen LogP) is 0.310. The summed E-state index contributed by atoms with van der Waals surface area (Å²) in [5, 5.41) is 8.16. The number of carboxylic acid groups (broad SMARTS) is 1. The number of sulfone groups is 1. The molecule has 0 radical (unpaired) electrons. The molecule has 1 N–H and O–H groups in total. The summed E-state index contributed by atoms with van der Waals surface area (Å²) in [6.45, 7) is 0. The van der Waals surface area contributed by atoms with Gasteiger partial charge in [-0.3, -0.25) is 4.79 Å². The van der Waals surface area contributed by atoms with Crippen LogP contribution in [0.2, 0.25) is 0 Å². The molecule has 1 heterocycles. The molecule has 0 aromatic carbocycles. The number of carboxylic acids is 1. The van der Waals surface area contributed by atoms with Gasteiger partial charge in [0, 0.05) is 6.26 Å². The van der Waals surface area contributed by atoms with Gasteiger partial charge in [0.05, 0.1) is 0 Å². The van der Waals surface area contributed by atoms with E-state index in [1.807, 2.05) is 0 Å². The molecule has 0 aliphatic carbocycles. The first-order chi connectivity index (χ1) is 5.89. The number of aliphatic carboxylic acids is 1. The van der Waals surface area contributed by atoms with Crippen molar-refractivity contribution in [3.05, 3.63) is 17.9 Å². The second-order valence-corrected chi connectivity index (χ2v) is 4.51. The standard InChI is InChI=1S/C7H8O5S/c1-13(10,11)7-3-2-5(12-7)4-6(8)9/h2-3H,4H2,1H3,(H,8,9). The summed E-state index contributed by atoms with van der Waals surface area (Å²) in [6, 6.07) is 2.58. The number of carbonyl (C=O) groups is 1. The Morgan fingerprint density at radius 1 is 1.54 bits per heavy atom. The molecule has 72 valence electrons. The largest absolute Gasteiger partial charge is 0.481 e. The van der Waals surface area contributed by atoms with Gasteiger partial charge in [-0.25, -0.2) is 8.42 Å². The van der Waals surface area contributed by atoms with Gasteiger partial charge in [0.15, 0.2) is 0 Å². The average Bonchev–Trinajstić information content (AvgIpc) is 2.32. The van der Waals surface area contributed by atoms with E-state index < -0.39 is 15.8 Å². The van der Waals surface area contributed by atoms with Crippen LogP contribution in [0.1, 0.15) is 5.76 Å². The van der Waals surface area contributed by atoms with Crippen molar-refractivity contribution in [2.75, 3.05) is 6.26 Å². The molecule has 1 aromatic heterocycles. The van der Waals surface area contributed by atoms with E-state index in [0.29, 0.717) is 0 Å². The van der Waals surface area contributed by atoms with Crippen molar-refractivity contribution in [2.45, 2.75) is 11.5 Å². The van der Waals surface area contributed by atoms with Gasteiger partial charge in [0.25, 0.3) is 0 Å². The fourth-order valence-electron chi connectivity index (χ4n) is 0.802. The van der Waals surface area contributed by atoms with E-state index in [1.165, 1.54) is 12.1 Å².